The molecule has 1 rings (SSSR count). The molecule has 14 heavy (non-hydrogen) atoms. The summed E-state index contributed by atoms with van der Waals surface area (Å²) in [6, 6.07) is 0. The molecule has 0 heterocycles. The highest BCUT2D eigenvalue weighted by atomic mass is 16.4. The largest absolute Gasteiger partial charge is 0.481 e. The second-order valence-electron chi connectivity index (χ2n) is 4.08. The molecular weight excluding hydrogens is 184 g/mol. The van der Waals surface area contributed by atoms with Crippen LogP contribution < -0.4 is 0 Å². The first-order valence-corrected chi connectivity index (χ1v) is 5.01. The lowest BCUT2D eigenvalue weighted by Gasteiger charge is -2.26. The summed E-state index contributed by atoms with van der Waals surface area (Å²) in [7, 11) is 0. The van der Waals surface area contributed by atoms with Gasteiger partial charge in [0, 0.05) is 12.8 Å². The van der Waals surface area contributed by atoms with Gasteiger partial charge >= 0.3 is 11.9 Å². The molecule has 2 N–H and O–H groups in total. The molecule has 0 radical (unpaired) electrons. The molecule has 80 valence electrons. The van der Waals surface area contributed by atoms with Crippen molar-refractivity contribution in [3.05, 3.63) is 0 Å². The van der Waals surface area contributed by atoms with E-state index in [1.165, 1.54) is 0 Å². The van der Waals surface area contributed by atoms with Crippen molar-refractivity contribution in [1.82, 2.24) is 0 Å². The number of carboxylic acids is 2. The van der Waals surface area contributed by atoms with E-state index in [9.17, 15) is 9.59 Å². The van der Waals surface area contributed by atoms with Crippen molar-refractivity contribution in [2.45, 2.75) is 38.5 Å². The highest BCUT2D eigenvalue weighted by Gasteiger charge is 2.24. The van der Waals surface area contributed by atoms with Gasteiger partial charge < -0.3 is 10.2 Å². The van der Waals surface area contributed by atoms with E-state index in [4.69, 9.17) is 10.2 Å². The Bertz CT molecular complexity index is 192. The minimum Gasteiger partial charge on any atom is -0.481 e. The molecule has 0 unspecified atom stereocenters. The lowest BCUT2D eigenvalue weighted by atomic mass is 9.79. The van der Waals surface area contributed by atoms with Gasteiger partial charge in [0.1, 0.15) is 0 Å². The topological polar surface area (TPSA) is 74.6 Å². The van der Waals surface area contributed by atoms with E-state index >= 15 is 0 Å². The van der Waals surface area contributed by atoms with Crippen molar-refractivity contribution >= 4 is 11.9 Å². The normalized spacial score (nSPS) is 27.1. The van der Waals surface area contributed by atoms with Crippen LogP contribution >= 0.6 is 0 Å². The zero-order chi connectivity index (χ0) is 10.6. The Kier molecular flexibility index (Phi) is 3.92. The Hall–Kier alpha value is -1.06. The quantitative estimate of drug-likeness (QED) is 0.724. The molecule has 0 saturated heterocycles. The summed E-state index contributed by atoms with van der Waals surface area (Å²) < 4.78 is 0. The van der Waals surface area contributed by atoms with Gasteiger partial charge in [-0.25, -0.2) is 0 Å². The summed E-state index contributed by atoms with van der Waals surface area (Å²) in [4.78, 5) is 20.9. The van der Waals surface area contributed by atoms with Crippen LogP contribution in [-0.4, -0.2) is 22.2 Å². The third-order valence-corrected chi connectivity index (χ3v) is 2.89. The summed E-state index contributed by atoms with van der Waals surface area (Å²) in [6.45, 7) is 0. The third-order valence-electron chi connectivity index (χ3n) is 2.89. The van der Waals surface area contributed by atoms with Crippen LogP contribution in [0.1, 0.15) is 38.5 Å². The van der Waals surface area contributed by atoms with Crippen LogP contribution in [0.4, 0.5) is 0 Å². The van der Waals surface area contributed by atoms with Crippen molar-refractivity contribution in [2.75, 3.05) is 0 Å². The van der Waals surface area contributed by atoms with Gasteiger partial charge in [-0.2, -0.15) is 0 Å². The Morgan fingerprint density at radius 1 is 0.857 bits per heavy atom. The summed E-state index contributed by atoms with van der Waals surface area (Å²) in [5, 5.41) is 17.2. The molecule has 0 aromatic rings. The van der Waals surface area contributed by atoms with Gasteiger partial charge in [-0.15, -0.1) is 0 Å². The summed E-state index contributed by atoms with van der Waals surface area (Å²) in [5.41, 5.74) is 0. The fraction of sp³-hybridized carbons (Fsp3) is 0.800. The molecule has 4 nitrogen and oxygen atoms in total. The SMILES string of the molecule is O=C(O)C[C@H]1CC[C@@H](CC(=O)O)CC1. The van der Waals surface area contributed by atoms with E-state index in [0.717, 1.165) is 25.7 Å². The van der Waals surface area contributed by atoms with E-state index in [0.29, 0.717) is 0 Å². The Balaban J connectivity index is 2.24. The maximum atomic E-state index is 10.4. The van der Waals surface area contributed by atoms with Crippen LogP contribution in [0.3, 0.4) is 0 Å². The lowest BCUT2D eigenvalue weighted by molar-refractivity contribution is -0.140. The van der Waals surface area contributed by atoms with Crippen LogP contribution in [0, 0.1) is 11.8 Å². The second-order valence-corrected chi connectivity index (χ2v) is 4.08. The van der Waals surface area contributed by atoms with Crippen LogP contribution in [0.2, 0.25) is 0 Å². The zero-order valence-corrected chi connectivity index (χ0v) is 8.11. The molecule has 0 atom stereocenters. The van der Waals surface area contributed by atoms with Crippen LogP contribution in [0.15, 0.2) is 0 Å². The molecule has 1 fully saturated rings. The van der Waals surface area contributed by atoms with Crippen molar-refractivity contribution in [1.29, 1.82) is 0 Å². The van der Waals surface area contributed by atoms with Crippen LogP contribution in [-0.2, 0) is 9.59 Å². The Morgan fingerprint density at radius 3 is 1.36 bits per heavy atom. The summed E-state index contributed by atoms with van der Waals surface area (Å²) in [6.07, 6.45) is 3.93. The van der Waals surface area contributed by atoms with Gasteiger partial charge in [0.15, 0.2) is 0 Å². The molecule has 0 aliphatic heterocycles. The van der Waals surface area contributed by atoms with Crippen molar-refractivity contribution < 1.29 is 19.8 Å². The first kappa shape index (κ1) is 11.0. The van der Waals surface area contributed by atoms with E-state index < -0.39 is 11.9 Å². The van der Waals surface area contributed by atoms with Crippen molar-refractivity contribution in [3.8, 4) is 0 Å². The van der Waals surface area contributed by atoms with E-state index in [1.54, 1.807) is 0 Å². The highest BCUT2D eigenvalue weighted by Crippen LogP contribution is 2.32. The predicted molar refractivity (Wildman–Crippen MR) is 50.0 cm³/mol. The van der Waals surface area contributed by atoms with Crippen LogP contribution in [0.5, 0.6) is 0 Å². The highest BCUT2D eigenvalue weighted by molar-refractivity contribution is 5.67. The molecule has 0 spiro atoms. The van der Waals surface area contributed by atoms with Gasteiger partial charge in [-0.3, -0.25) is 9.59 Å². The smallest absolute Gasteiger partial charge is 0.303 e. The maximum absolute atomic E-state index is 10.4. The molecule has 4 heteroatoms. The van der Waals surface area contributed by atoms with Gasteiger partial charge in [-0.1, -0.05) is 0 Å². The molecule has 0 amide bonds. The minimum absolute atomic E-state index is 0.236. The Labute approximate surface area is 82.9 Å². The number of hydrogen-bond donors (Lipinski definition) is 2. The van der Waals surface area contributed by atoms with E-state index in [-0.39, 0.29) is 24.7 Å². The molecule has 1 aliphatic carbocycles. The van der Waals surface area contributed by atoms with Crippen LogP contribution in [0.25, 0.3) is 0 Å². The number of aliphatic carboxylic acids is 2. The molecule has 1 aliphatic rings. The van der Waals surface area contributed by atoms with E-state index in [2.05, 4.69) is 0 Å². The summed E-state index contributed by atoms with van der Waals surface area (Å²) >= 11 is 0. The average molecular weight is 200 g/mol. The fourth-order valence-electron chi connectivity index (χ4n) is 2.13. The average Bonchev–Trinajstić information content (AvgIpc) is 2.06. The summed E-state index contributed by atoms with van der Waals surface area (Å²) in [5.74, 6) is -0.964. The fourth-order valence-corrected chi connectivity index (χ4v) is 2.13. The second kappa shape index (κ2) is 4.98. The zero-order valence-electron chi connectivity index (χ0n) is 8.11. The third kappa shape index (κ3) is 3.77. The first-order chi connectivity index (χ1) is 6.58. The van der Waals surface area contributed by atoms with Gasteiger partial charge in [0.25, 0.3) is 0 Å². The molecule has 1 saturated carbocycles. The maximum Gasteiger partial charge on any atom is 0.303 e. The number of hydrogen-bond acceptors (Lipinski definition) is 2. The van der Waals surface area contributed by atoms with E-state index in [1.807, 2.05) is 0 Å². The van der Waals surface area contributed by atoms with Gasteiger partial charge in [0.05, 0.1) is 0 Å². The number of carbonyl (C=O) groups is 2. The number of rotatable bonds is 4. The predicted octanol–water partition coefficient (Wildman–Crippen LogP) is 1.74. The first-order valence-electron chi connectivity index (χ1n) is 5.01. The minimum atomic E-state index is -0.744. The molecule has 0 aromatic carbocycles. The monoisotopic (exact) mass is 200 g/mol. The molecule has 0 aromatic heterocycles. The number of carboxylic acid groups (broad SMARTS) is 2. The van der Waals surface area contributed by atoms with Gasteiger partial charge in [0.2, 0.25) is 0 Å². The van der Waals surface area contributed by atoms with Gasteiger partial charge in [-0.05, 0) is 37.5 Å². The van der Waals surface area contributed by atoms with Crippen molar-refractivity contribution in [2.24, 2.45) is 11.8 Å². The molecule has 0 bridgehead atoms. The standard InChI is InChI=1S/C10H16O4/c11-9(12)5-7-1-2-8(4-3-7)6-10(13)14/h7-8H,1-6H2,(H,11,12)(H,13,14)/t7-,8+. The van der Waals surface area contributed by atoms with Crippen molar-refractivity contribution in [3.63, 3.8) is 0 Å². The molecular formula is C10H16O4. The Morgan fingerprint density at radius 2 is 1.14 bits per heavy atom. The lowest BCUT2D eigenvalue weighted by Crippen LogP contribution is -2.19.